The molecule has 0 saturated carbocycles. The van der Waals surface area contributed by atoms with E-state index in [-0.39, 0.29) is 16.9 Å². The van der Waals surface area contributed by atoms with Crippen molar-refractivity contribution in [1.82, 2.24) is 10.2 Å². The van der Waals surface area contributed by atoms with Gasteiger partial charge in [-0.05, 0) is 62.5 Å². The number of benzene rings is 2. The second-order valence-corrected chi connectivity index (χ2v) is 6.32. The fourth-order valence-corrected chi connectivity index (χ4v) is 2.79. The number of halogens is 1. The van der Waals surface area contributed by atoms with Gasteiger partial charge in [-0.15, -0.1) is 0 Å². The molecule has 0 unspecified atom stereocenters. The summed E-state index contributed by atoms with van der Waals surface area (Å²) >= 11 is 11.1. The first-order valence-corrected chi connectivity index (χ1v) is 9.00. The van der Waals surface area contributed by atoms with Gasteiger partial charge in [0.15, 0.2) is 5.11 Å². The summed E-state index contributed by atoms with van der Waals surface area (Å²) in [4.78, 5) is 26.3. The summed E-state index contributed by atoms with van der Waals surface area (Å²) < 4.78 is 0. The molecule has 2 aromatic carbocycles. The van der Waals surface area contributed by atoms with E-state index in [1.54, 1.807) is 53.4 Å². The first-order chi connectivity index (χ1) is 12.4. The molecule has 2 N–H and O–H groups in total. The topological polar surface area (TPSA) is 61.4 Å². The van der Waals surface area contributed by atoms with Crippen molar-refractivity contribution in [3.8, 4) is 0 Å². The average molecular weight is 390 g/mol. The van der Waals surface area contributed by atoms with Crippen molar-refractivity contribution in [3.05, 3.63) is 64.7 Å². The number of nitrogens with one attached hydrogen (secondary N) is 2. The molecule has 2 rings (SSSR count). The van der Waals surface area contributed by atoms with E-state index in [9.17, 15) is 9.59 Å². The van der Waals surface area contributed by atoms with E-state index >= 15 is 0 Å². The number of anilines is 1. The van der Waals surface area contributed by atoms with Crippen LogP contribution in [0.15, 0.2) is 48.5 Å². The molecule has 0 spiro atoms. The number of hydrogen-bond acceptors (Lipinski definition) is 3. The maximum absolute atomic E-state index is 12.4. The first kappa shape index (κ1) is 19.9. The summed E-state index contributed by atoms with van der Waals surface area (Å²) in [6, 6.07) is 13.6. The van der Waals surface area contributed by atoms with Gasteiger partial charge in [-0.2, -0.15) is 0 Å². The van der Waals surface area contributed by atoms with Crippen LogP contribution in [-0.4, -0.2) is 34.9 Å². The SMILES string of the molecule is CCN(CC)C(=O)c1cccc(NC(=S)NC(=O)c2cccc(Cl)c2)c1. The Morgan fingerprint density at radius 2 is 1.69 bits per heavy atom. The fourth-order valence-electron chi connectivity index (χ4n) is 2.39. The van der Waals surface area contributed by atoms with Crippen molar-refractivity contribution in [1.29, 1.82) is 0 Å². The lowest BCUT2D eigenvalue weighted by atomic mass is 10.1. The van der Waals surface area contributed by atoms with Gasteiger partial charge in [0.25, 0.3) is 11.8 Å². The highest BCUT2D eigenvalue weighted by atomic mass is 35.5. The Bertz CT molecular complexity index is 822. The third kappa shape index (κ3) is 5.28. The standard InChI is InChI=1S/C19H20ClN3O2S/c1-3-23(4-2)18(25)14-8-6-10-16(12-14)21-19(26)22-17(24)13-7-5-9-15(20)11-13/h5-12H,3-4H2,1-2H3,(H2,21,22,24,26). The molecule has 0 aliphatic carbocycles. The highest BCUT2D eigenvalue weighted by Gasteiger charge is 2.13. The van der Waals surface area contributed by atoms with E-state index in [1.807, 2.05) is 13.8 Å². The summed E-state index contributed by atoms with van der Waals surface area (Å²) in [5.74, 6) is -0.409. The van der Waals surface area contributed by atoms with Crippen LogP contribution in [0.25, 0.3) is 0 Å². The molecule has 2 amide bonds. The van der Waals surface area contributed by atoms with Gasteiger partial charge < -0.3 is 10.2 Å². The molecule has 0 bridgehead atoms. The summed E-state index contributed by atoms with van der Waals surface area (Å²) in [7, 11) is 0. The van der Waals surface area contributed by atoms with E-state index in [0.29, 0.717) is 34.9 Å². The van der Waals surface area contributed by atoms with Crippen LogP contribution in [0.4, 0.5) is 5.69 Å². The van der Waals surface area contributed by atoms with Crippen LogP contribution in [-0.2, 0) is 0 Å². The van der Waals surface area contributed by atoms with Crippen LogP contribution in [0.2, 0.25) is 5.02 Å². The minimum Gasteiger partial charge on any atom is -0.339 e. The Morgan fingerprint density at radius 3 is 2.35 bits per heavy atom. The smallest absolute Gasteiger partial charge is 0.257 e. The van der Waals surface area contributed by atoms with Gasteiger partial charge in [0, 0.05) is 34.9 Å². The molecular weight excluding hydrogens is 370 g/mol. The van der Waals surface area contributed by atoms with Gasteiger partial charge in [0.1, 0.15) is 0 Å². The molecule has 0 fully saturated rings. The van der Waals surface area contributed by atoms with Crippen LogP contribution < -0.4 is 10.6 Å². The number of rotatable bonds is 5. The van der Waals surface area contributed by atoms with Gasteiger partial charge in [-0.1, -0.05) is 23.7 Å². The maximum atomic E-state index is 12.4. The molecule has 0 radical (unpaired) electrons. The second kappa shape index (κ2) is 9.31. The number of carbonyl (C=O) groups excluding carboxylic acids is 2. The molecule has 0 saturated heterocycles. The predicted molar refractivity (Wildman–Crippen MR) is 109 cm³/mol. The van der Waals surface area contributed by atoms with E-state index in [2.05, 4.69) is 10.6 Å². The molecule has 0 aromatic heterocycles. The average Bonchev–Trinajstić information content (AvgIpc) is 2.62. The summed E-state index contributed by atoms with van der Waals surface area (Å²) in [5, 5.41) is 6.13. The van der Waals surface area contributed by atoms with E-state index in [1.165, 1.54) is 0 Å². The van der Waals surface area contributed by atoms with Gasteiger partial charge in [0.2, 0.25) is 0 Å². The monoisotopic (exact) mass is 389 g/mol. The quantitative estimate of drug-likeness (QED) is 0.760. The predicted octanol–water partition coefficient (Wildman–Crippen LogP) is 3.95. The van der Waals surface area contributed by atoms with Gasteiger partial charge in [0.05, 0.1) is 0 Å². The number of nitrogens with zero attached hydrogens (tertiary/aromatic N) is 1. The summed E-state index contributed by atoms with van der Waals surface area (Å²) in [6.45, 7) is 5.15. The number of amides is 2. The maximum Gasteiger partial charge on any atom is 0.257 e. The summed E-state index contributed by atoms with van der Waals surface area (Å²) in [5.41, 5.74) is 1.59. The normalized spacial score (nSPS) is 10.1. The van der Waals surface area contributed by atoms with E-state index < -0.39 is 0 Å². The fraction of sp³-hybridized carbons (Fsp3) is 0.211. The van der Waals surface area contributed by atoms with E-state index in [0.717, 1.165) is 0 Å². The lowest BCUT2D eigenvalue weighted by molar-refractivity contribution is 0.0772. The highest BCUT2D eigenvalue weighted by molar-refractivity contribution is 7.80. The third-order valence-corrected chi connectivity index (χ3v) is 4.17. The van der Waals surface area contributed by atoms with Crippen molar-refractivity contribution in [2.75, 3.05) is 18.4 Å². The van der Waals surface area contributed by atoms with Gasteiger partial charge >= 0.3 is 0 Å². The minimum atomic E-state index is -0.361. The van der Waals surface area contributed by atoms with Crippen LogP contribution in [0.5, 0.6) is 0 Å². The molecule has 2 aromatic rings. The zero-order chi connectivity index (χ0) is 19.1. The lowest BCUT2D eigenvalue weighted by Gasteiger charge is -2.19. The molecule has 0 heterocycles. The van der Waals surface area contributed by atoms with Crippen molar-refractivity contribution in [2.45, 2.75) is 13.8 Å². The zero-order valence-electron chi connectivity index (χ0n) is 14.6. The Morgan fingerprint density at radius 1 is 1.04 bits per heavy atom. The Kier molecular flexibility index (Phi) is 7.12. The molecule has 5 nitrogen and oxygen atoms in total. The van der Waals surface area contributed by atoms with Crippen molar-refractivity contribution >= 4 is 46.4 Å². The van der Waals surface area contributed by atoms with Crippen molar-refractivity contribution < 1.29 is 9.59 Å². The number of carbonyl (C=O) groups is 2. The molecule has 0 aliphatic rings. The number of thiocarbonyl (C=S) groups is 1. The minimum absolute atomic E-state index is 0.0486. The lowest BCUT2D eigenvalue weighted by Crippen LogP contribution is -2.34. The largest absolute Gasteiger partial charge is 0.339 e. The number of hydrogen-bond donors (Lipinski definition) is 2. The molecule has 0 aliphatic heterocycles. The van der Waals surface area contributed by atoms with Gasteiger partial charge in [-0.3, -0.25) is 14.9 Å². The molecule has 7 heteroatoms. The zero-order valence-corrected chi connectivity index (χ0v) is 16.2. The van der Waals surface area contributed by atoms with Crippen LogP contribution >= 0.6 is 23.8 Å². The Balaban J connectivity index is 2.04. The molecule has 0 atom stereocenters. The van der Waals surface area contributed by atoms with Crippen molar-refractivity contribution in [3.63, 3.8) is 0 Å². The van der Waals surface area contributed by atoms with Crippen molar-refractivity contribution in [2.24, 2.45) is 0 Å². The van der Waals surface area contributed by atoms with Crippen LogP contribution in [0.1, 0.15) is 34.6 Å². The van der Waals surface area contributed by atoms with Gasteiger partial charge in [-0.25, -0.2) is 0 Å². The second-order valence-electron chi connectivity index (χ2n) is 5.48. The Labute approximate surface area is 163 Å². The van der Waals surface area contributed by atoms with Crippen LogP contribution in [0.3, 0.4) is 0 Å². The first-order valence-electron chi connectivity index (χ1n) is 8.21. The Hall–Kier alpha value is -2.44. The highest BCUT2D eigenvalue weighted by Crippen LogP contribution is 2.14. The molecule has 136 valence electrons. The molecule has 26 heavy (non-hydrogen) atoms. The summed E-state index contributed by atoms with van der Waals surface area (Å²) in [6.07, 6.45) is 0. The van der Waals surface area contributed by atoms with Crippen LogP contribution in [0, 0.1) is 0 Å². The third-order valence-electron chi connectivity index (χ3n) is 3.73. The van der Waals surface area contributed by atoms with E-state index in [4.69, 9.17) is 23.8 Å². The molecular formula is C19H20ClN3O2S.